The topological polar surface area (TPSA) is 48.5 Å². The van der Waals surface area contributed by atoms with Crippen molar-refractivity contribution in [2.45, 2.75) is 31.7 Å². The summed E-state index contributed by atoms with van der Waals surface area (Å²) in [5, 5.41) is 4.61. The molecule has 22 heavy (non-hydrogen) atoms. The van der Waals surface area contributed by atoms with Crippen LogP contribution in [0, 0.1) is 0 Å². The van der Waals surface area contributed by atoms with Crippen LogP contribution in [-0.2, 0) is 0 Å². The van der Waals surface area contributed by atoms with E-state index in [0.717, 1.165) is 24.2 Å². The normalized spacial score (nSPS) is 19.8. The molecule has 2 aromatic rings. The van der Waals surface area contributed by atoms with Crippen LogP contribution in [0.25, 0.3) is 0 Å². The van der Waals surface area contributed by atoms with E-state index in [1.165, 1.54) is 18.6 Å². The van der Waals surface area contributed by atoms with E-state index in [4.69, 9.17) is 0 Å². The number of hydrogen-bond acceptors (Lipinski definition) is 4. The molecule has 0 bridgehead atoms. The monoisotopic (exact) mass is 294 g/mol. The highest BCUT2D eigenvalue weighted by Crippen LogP contribution is 2.17. The number of anilines is 2. The van der Waals surface area contributed by atoms with Gasteiger partial charge in [0.05, 0.1) is 17.4 Å². The number of nitrogens with one attached hydrogen (secondary N) is 3. The average Bonchev–Trinajstić information content (AvgIpc) is 2.61. The largest absolute Gasteiger partial charge is 0.321 e. The van der Waals surface area contributed by atoms with Gasteiger partial charge in [0, 0.05) is 5.69 Å². The molecule has 1 aliphatic rings. The SMILES string of the molecule is c1ccc(NN=C2CCCCC2NNc2ccccc2)cc1. The summed E-state index contributed by atoms with van der Waals surface area (Å²) in [6.45, 7) is 0. The van der Waals surface area contributed by atoms with Crippen LogP contribution in [0.15, 0.2) is 65.8 Å². The molecule has 3 N–H and O–H groups in total. The van der Waals surface area contributed by atoms with Gasteiger partial charge < -0.3 is 5.43 Å². The van der Waals surface area contributed by atoms with Crippen molar-refractivity contribution in [2.24, 2.45) is 5.10 Å². The predicted molar refractivity (Wildman–Crippen MR) is 93.0 cm³/mol. The van der Waals surface area contributed by atoms with E-state index in [2.05, 4.69) is 33.5 Å². The van der Waals surface area contributed by atoms with Gasteiger partial charge in [-0.2, -0.15) is 5.10 Å². The van der Waals surface area contributed by atoms with Crippen LogP contribution >= 0.6 is 0 Å². The van der Waals surface area contributed by atoms with Gasteiger partial charge in [0.1, 0.15) is 0 Å². The Bertz CT molecular complexity index is 595. The zero-order valence-electron chi connectivity index (χ0n) is 12.6. The first kappa shape index (κ1) is 14.6. The highest BCUT2D eigenvalue weighted by atomic mass is 15.4. The standard InChI is InChI=1S/C18H22N4/c1-3-9-15(10-4-1)19-21-17-13-7-8-14-18(17)22-20-16-11-5-2-6-12-16/h1-6,9-12,17,19-21H,7-8,13-14H2. The van der Waals surface area contributed by atoms with Crippen LogP contribution in [-0.4, -0.2) is 11.8 Å². The van der Waals surface area contributed by atoms with Crippen molar-refractivity contribution in [1.29, 1.82) is 0 Å². The highest BCUT2D eigenvalue weighted by molar-refractivity contribution is 5.90. The van der Waals surface area contributed by atoms with Crippen molar-refractivity contribution < 1.29 is 0 Å². The number of rotatable bonds is 5. The zero-order valence-corrected chi connectivity index (χ0v) is 12.6. The van der Waals surface area contributed by atoms with Crippen molar-refractivity contribution in [2.75, 3.05) is 10.9 Å². The predicted octanol–water partition coefficient (Wildman–Crippen LogP) is 4.01. The third-order valence-corrected chi connectivity index (χ3v) is 3.84. The minimum atomic E-state index is 0.269. The van der Waals surface area contributed by atoms with Gasteiger partial charge in [-0.15, -0.1) is 0 Å². The van der Waals surface area contributed by atoms with Crippen molar-refractivity contribution in [3.8, 4) is 0 Å². The first-order valence-electron chi connectivity index (χ1n) is 7.86. The fourth-order valence-electron chi connectivity index (χ4n) is 2.63. The van der Waals surface area contributed by atoms with Crippen molar-refractivity contribution in [3.05, 3.63) is 60.7 Å². The molecule has 1 atom stereocenters. The van der Waals surface area contributed by atoms with Crippen LogP contribution in [0.5, 0.6) is 0 Å². The molecule has 3 rings (SSSR count). The Morgan fingerprint density at radius 2 is 1.50 bits per heavy atom. The lowest BCUT2D eigenvalue weighted by atomic mass is 9.94. The summed E-state index contributed by atoms with van der Waals surface area (Å²) < 4.78 is 0. The molecule has 4 nitrogen and oxygen atoms in total. The smallest absolute Gasteiger partial charge is 0.0660 e. The van der Waals surface area contributed by atoms with Crippen LogP contribution in [0.1, 0.15) is 25.7 Å². The van der Waals surface area contributed by atoms with Crippen molar-refractivity contribution in [3.63, 3.8) is 0 Å². The Hall–Kier alpha value is -2.33. The average molecular weight is 294 g/mol. The number of hydrogen-bond donors (Lipinski definition) is 3. The summed E-state index contributed by atoms with van der Waals surface area (Å²) in [6, 6.07) is 20.5. The zero-order chi connectivity index (χ0) is 15.0. The molecule has 1 unspecified atom stereocenters. The molecule has 1 saturated carbocycles. The van der Waals surface area contributed by atoms with Gasteiger partial charge in [0.2, 0.25) is 0 Å². The Morgan fingerprint density at radius 1 is 0.818 bits per heavy atom. The quantitative estimate of drug-likeness (QED) is 0.730. The van der Waals surface area contributed by atoms with Gasteiger partial charge >= 0.3 is 0 Å². The molecule has 2 aromatic carbocycles. The van der Waals surface area contributed by atoms with E-state index in [0.29, 0.717) is 0 Å². The molecule has 114 valence electrons. The number of para-hydroxylation sites is 2. The Morgan fingerprint density at radius 3 is 2.23 bits per heavy atom. The summed E-state index contributed by atoms with van der Waals surface area (Å²) in [5.74, 6) is 0. The fourth-order valence-corrected chi connectivity index (χ4v) is 2.63. The van der Waals surface area contributed by atoms with Gasteiger partial charge in [-0.3, -0.25) is 5.43 Å². The molecular formula is C18H22N4. The highest BCUT2D eigenvalue weighted by Gasteiger charge is 2.20. The summed E-state index contributed by atoms with van der Waals surface area (Å²) in [7, 11) is 0. The Kier molecular flexibility index (Phi) is 5.05. The molecule has 0 aliphatic heterocycles. The molecule has 4 heteroatoms. The lowest BCUT2D eigenvalue weighted by Gasteiger charge is -2.25. The first-order chi connectivity index (χ1) is 10.9. The third-order valence-electron chi connectivity index (χ3n) is 3.84. The van der Waals surface area contributed by atoms with Gasteiger partial charge in [-0.1, -0.05) is 42.8 Å². The van der Waals surface area contributed by atoms with Crippen LogP contribution in [0.2, 0.25) is 0 Å². The van der Waals surface area contributed by atoms with Gasteiger partial charge in [-0.05, 0) is 43.5 Å². The van der Waals surface area contributed by atoms with Gasteiger partial charge in [0.15, 0.2) is 0 Å². The van der Waals surface area contributed by atoms with E-state index in [1.54, 1.807) is 0 Å². The molecule has 0 spiro atoms. The molecule has 1 aliphatic carbocycles. The van der Waals surface area contributed by atoms with Crippen molar-refractivity contribution in [1.82, 2.24) is 5.43 Å². The van der Waals surface area contributed by atoms with Gasteiger partial charge in [-0.25, -0.2) is 5.43 Å². The molecule has 0 aromatic heterocycles. The summed E-state index contributed by atoms with van der Waals surface area (Å²) in [6.07, 6.45) is 4.58. The van der Waals surface area contributed by atoms with Crippen molar-refractivity contribution >= 4 is 17.1 Å². The number of hydrazone groups is 1. The van der Waals surface area contributed by atoms with Crippen LogP contribution in [0.3, 0.4) is 0 Å². The fraction of sp³-hybridized carbons (Fsp3) is 0.278. The second kappa shape index (κ2) is 7.61. The van der Waals surface area contributed by atoms with E-state index >= 15 is 0 Å². The molecular weight excluding hydrogens is 272 g/mol. The minimum Gasteiger partial charge on any atom is -0.321 e. The van der Waals surface area contributed by atoms with E-state index < -0.39 is 0 Å². The second-order valence-electron chi connectivity index (χ2n) is 5.51. The summed E-state index contributed by atoms with van der Waals surface area (Å²) in [4.78, 5) is 0. The molecule has 0 radical (unpaired) electrons. The van der Waals surface area contributed by atoms with E-state index in [-0.39, 0.29) is 6.04 Å². The van der Waals surface area contributed by atoms with Crippen LogP contribution in [0.4, 0.5) is 11.4 Å². The maximum atomic E-state index is 4.61. The lowest BCUT2D eigenvalue weighted by Crippen LogP contribution is -2.42. The Labute approximate surface area is 131 Å². The summed E-state index contributed by atoms with van der Waals surface area (Å²) >= 11 is 0. The molecule has 0 heterocycles. The number of nitrogens with zero attached hydrogens (tertiary/aromatic N) is 1. The maximum Gasteiger partial charge on any atom is 0.0660 e. The molecule has 0 saturated heterocycles. The maximum absolute atomic E-state index is 4.61. The third kappa shape index (κ3) is 4.09. The minimum absolute atomic E-state index is 0.269. The Balaban J connectivity index is 1.61. The molecule has 0 amide bonds. The number of hydrazine groups is 1. The second-order valence-corrected chi connectivity index (χ2v) is 5.51. The van der Waals surface area contributed by atoms with E-state index in [9.17, 15) is 0 Å². The molecule has 1 fully saturated rings. The van der Waals surface area contributed by atoms with Crippen LogP contribution < -0.4 is 16.3 Å². The lowest BCUT2D eigenvalue weighted by molar-refractivity contribution is 0.545. The first-order valence-corrected chi connectivity index (χ1v) is 7.86. The summed E-state index contributed by atoms with van der Waals surface area (Å²) in [5.41, 5.74) is 13.1. The number of benzene rings is 2. The van der Waals surface area contributed by atoms with Gasteiger partial charge in [0.25, 0.3) is 0 Å². The van der Waals surface area contributed by atoms with E-state index in [1.807, 2.05) is 48.5 Å².